The van der Waals surface area contributed by atoms with Gasteiger partial charge in [-0.15, -0.1) is 0 Å². The van der Waals surface area contributed by atoms with Gasteiger partial charge in [0.15, 0.2) is 0 Å². The molecule has 1 heterocycles. The Labute approximate surface area is 163 Å². The van der Waals surface area contributed by atoms with Crippen LogP contribution >= 0.6 is 0 Å². The smallest absolute Gasteiger partial charge is 0.318 e. The van der Waals surface area contributed by atoms with Gasteiger partial charge in [0.2, 0.25) is 0 Å². The summed E-state index contributed by atoms with van der Waals surface area (Å²) in [6.07, 6.45) is 7.95. The van der Waals surface area contributed by atoms with Crippen molar-refractivity contribution in [2.24, 2.45) is 5.92 Å². The van der Waals surface area contributed by atoms with Crippen molar-refractivity contribution in [1.29, 1.82) is 0 Å². The van der Waals surface area contributed by atoms with Crippen LogP contribution in [0.2, 0.25) is 0 Å². The van der Waals surface area contributed by atoms with Gasteiger partial charge < -0.3 is 15.3 Å². The van der Waals surface area contributed by atoms with Gasteiger partial charge in [0, 0.05) is 18.6 Å². The highest BCUT2D eigenvalue weighted by Gasteiger charge is 2.34. The molecule has 0 bridgehead atoms. The fourth-order valence-electron chi connectivity index (χ4n) is 3.79. The number of aliphatic carboxylic acids is 1. The standard InChI is InChI=1S/C20H25N5O3/c26-19(27)15-3-5-16(6-4-15)23-20(28)24(17-9-10-17)11-14-1-7-18(8-2-14)25-13-21-12-22-25/h1-2,7-8,12-13,15-17H,3-6,9-11H2,(H,23,28)(H,26,27). The molecule has 8 nitrogen and oxygen atoms in total. The molecule has 4 rings (SSSR count). The van der Waals surface area contributed by atoms with Crippen LogP contribution < -0.4 is 5.32 Å². The quantitative estimate of drug-likeness (QED) is 0.799. The number of urea groups is 1. The second kappa shape index (κ2) is 8.00. The molecule has 2 aliphatic carbocycles. The summed E-state index contributed by atoms with van der Waals surface area (Å²) in [7, 11) is 0. The molecular weight excluding hydrogens is 358 g/mol. The predicted octanol–water partition coefficient (Wildman–Crippen LogP) is 2.58. The van der Waals surface area contributed by atoms with E-state index >= 15 is 0 Å². The van der Waals surface area contributed by atoms with Gasteiger partial charge in [0.1, 0.15) is 12.7 Å². The van der Waals surface area contributed by atoms with Crippen LogP contribution in [0.15, 0.2) is 36.9 Å². The molecule has 2 fully saturated rings. The second-order valence-corrected chi connectivity index (χ2v) is 7.70. The zero-order valence-electron chi connectivity index (χ0n) is 15.7. The van der Waals surface area contributed by atoms with E-state index in [1.807, 2.05) is 29.2 Å². The molecule has 0 unspecified atom stereocenters. The van der Waals surface area contributed by atoms with Crippen molar-refractivity contribution in [1.82, 2.24) is 25.0 Å². The first-order valence-electron chi connectivity index (χ1n) is 9.84. The lowest BCUT2D eigenvalue weighted by Crippen LogP contribution is -2.47. The van der Waals surface area contributed by atoms with Crippen molar-refractivity contribution in [2.75, 3.05) is 0 Å². The molecule has 1 aromatic heterocycles. The maximum Gasteiger partial charge on any atom is 0.318 e. The van der Waals surface area contributed by atoms with Crippen LogP contribution in [-0.2, 0) is 11.3 Å². The Morgan fingerprint density at radius 1 is 1.11 bits per heavy atom. The van der Waals surface area contributed by atoms with E-state index in [0.29, 0.717) is 25.4 Å². The number of amides is 2. The van der Waals surface area contributed by atoms with Gasteiger partial charge in [-0.3, -0.25) is 4.79 Å². The maximum absolute atomic E-state index is 12.8. The minimum absolute atomic E-state index is 0.0402. The Morgan fingerprint density at radius 2 is 1.82 bits per heavy atom. The number of hydrogen-bond acceptors (Lipinski definition) is 4. The molecule has 1 aromatic carbocycles. The summed E-state index contributed by atoms with van der Waals surface area (Å²) in [5.41, 5.74) is 2.00. The Balaban J connectivity index is 1.35. The van der Waals surface area contributed by atoms with Crippen LogP contribution in [0.3, 0.4) is 0 Å². The molecule has 0 spiro atoms. The molecule has 2 amide bonds. The van der Waals surface area contributed by atoms with Crippen molar-refractivity contribution in [3.8, 4) is 5.69 Å². The third kappa shape index (κ3) is 4.32. The lowest BCUT2D eigenvalue weighted by Gasteiger charge is -2.30. The summed E-state index contributed by atoms with van der Waals surface area (Å²) < 4.78 is 1.70. The van der Waals surface area contributed by atoms with Crippen molar-refractivity contribution in [3.63, 3.8) is 0 Å². The molecule has 2 N–H and O–H groups in total. The Morgan fingerprint density at radius 3 is 2.39 bits per heavy atom. The van der Waals surface area contributed by atoms with E-state index in [1.165, 1.54) is 6.33 Å². The highest BCUT2D eigenvalue weighted by atomic mass is 16.4. The number of nitrogens with one attached hydrogen (secondary N) is 1. The molecule has 0 saturated heterocycles. The Hall–Kier alpha value is -2.90. The number of aromatic nitrogens is 3. The summed E-state index contributed by atoms with van der Waals surface area (Å²) in [4.78, 5) is 29.8. The summed E-state index contributed by atoms with van der Waals surface area (Å²) in [6, 6.07) is 8.29. The van der Waals surface area contributed by atoms with Gasteiger partial charge in [-0.2, -0.15) is 5.10 Å². The van der Waals surface area contributed by atoms with Gasteiger partial charge in [-0.1, -0.05) is 12.1 Å². The highest BCUT2D eigenvalue weighted by molar-refractivity contribution is 5.75. The summed E-state index contributed by atoms with van der Waals surface area (Å²) in [6.45, 7) is 0.568. The summed E-state index contributed by atoms with van der Waals surface area (Å²) in [5, 5.41) is 16.4. The zero-order chi connectivity index (χ0) is 19.5. The van der Waals surface area contributed by atoms with Gasteiger partial charge >= 0.3 is 12.0 Å². The summed E-state index contributed by atoms with van der Waals surface area (Å²) >= 11 is 0. The van der Waals surface area contributed by atoms with Crippen molar-refractivity contribution < 1.29 is 14.7 Å². The number of nitrogens with zero attached hydrogens (tertiary/aromatic N) is 4. The lowest BCUT2D eigenvalue weighted by atomic mass is 9.86. The first kappa shape index (κ1) is 18.5. The minimum Gasteiger partial charge on any atom is -0.481 e. The summed E-state index contributed by atoms with van der Waals surface area (Å²) in [5.74, 6) is -0.991. The van der Waals surface area contributed by atoms with E-state index in [-0.39, 0.29) is 18.0 Å². The van der Waals surface area contributed by atoms with E-state index in [1.54, 1.807) is 11.0 Å². The molecular formula is C20H25N5O3. The minimum atomic E-state index is -0.723. The monoisotopic (exact) mass is 383 g/mol. The van der Waals surface area contributed by atoms with E-state index in [0.717, 1.165) is 36.9 Å². The Bertz CT molecular complexity index is 809. The molecule has 28 heavy (non-hydrogen) atoms. The molecule has 0 aliphatic heterocycles. The Kier molecular flexibility index (Phi) is 5.27. The van der Waals surface area contributed by atoms with Gasteiger partial charge in [-0.05, 0) is 56.2 Å². The van der Waals surface area contributed by atoms with Crippen LogP contribution in [0.5, 0.6) is 0 Å². The third-order valence-corrected chi connectivity index (χ3v) is 5.63. The first-order chi connectivity index (χ1) is 13.6. The number of carbonyl (C=O) groups excluding carboxylic acids is 1. The average molecular weight is 383 g/mol. The van der Waals surface area contributed by atoms with Crippen molar-refractivity contribution in [3.05, 3.63) is 42.5 Å². The van der Waals surface area contributed by atoms with Gasteiger partial charge in [0.05, 0.1) is 11.6 Å². The van der Waals surface area contributed by atoms with E-state index in [4.69, 9.17) is 5.11 Å². The predicted molar refractivity (Wildman–Crippen MR) is 102 cm³/mol. The van der Waals surface area contributed by atoms with Crippen LogP contribution in [0.4, 0.5) is 4.79 Å². The SMILES string of the molecule is O=C(O)C1CCC(NC(=O)N(Cc2ccc(-n3cncn3)cc2)C2CC2)CC1. The normalized spacial score (nSPS) is 21.9. The number of benzene rings is 1. The van der Waals surface area contributed by atoms with Crippen LogP contribution in [0.25, 0.3) is 5.69 Å². The number of carboxylic acids is 1. The fraction of sp³-hybridized carbons (Fsp3) is 0.500. The molecule has 148 valence electrons. The van der Waals surface area contributed by atoms with E-state index in [2.05, 4.69) is 15.4 Å². The van der Waals surface area contributed by atoms with Gasteiger partial charge in [-0.25, -0.2) is 14.5 Å². The van der Waals surface area contributed by atoms with Crippen molar-refractivity contribution in [2.45, 2.75) is 57.2 Å². The fourth-order valence-corrected chi connectivity index (χ4v) is 3.79. The first-order valence-corrected chi connectivity index (χ1v) is 9.84. The molecule has 2 aromatic rings. The molecule has 0 radical (unpaired) electrons. The number of hydrogen-bond donors (Lipinski definition) is 2. The molecule has 0 atom stereocenters. The number of carbonyl (C=O) groups is 2. The highest BCUT2D eigenvalue weighted by Crippen LogP contribution is 2.30. The lowest BCUT2D eigenvalue weighted by molar-refractivity contribution is -0.142. The van der Waals surface area contributed by atoms with Crippen LogP contribution in [-0.4, -0.2) is 48.9 Å². The number of rotatable bonds is 6. The third-order valence-electron chi connectivity index (χ3n) is 5.63. The molecule has 8 heteroatoms. The van der Waals surface area contributed by atoms with E-state index in [9.17, 15) is 9.59 Å². The average Bonchev–Trinajstić information content (AvgIpc) is 3.39. The second-order valence-electron chi connectivity index (χ2n) is 7.70. The van der Waals surface area contributed by atoms with Crippen molar-refractivity contribution >= 4 is 12.0 Å². The van der Waals surface area contributed by atoms with Crippen LogP contribution in [0, 0.1) is 5.92 Å². The molecule has 2 saturated carbocycles. The zero-order valence-corrected chi connectivity index (χ0v) is 15.7. The van der Waals surface area contributed by atoms with Crippen LogP contribution in [0.1, 0.15) is 44.1 Å². The van der Waals surface area contributed by atoms with E-state index < -0.39 is 5.97 Å². The van der Waals surface area contributed by atoms with Gasteiger partial charge in [0.25, 0.3) is 0 Å². The molecule has 2 aliphatic rings. The maximum atomic E-state index is 12.8. The largest absolute Gasteiger partial charge is 0.481 e. The number of carboxylic acid groups (broad SMARTS) is 1. The topological polar surface area (TPSA) is 100 Å².